The van der Waals surface area contributed by atoms with Crippen LogP contribution in [0.4, 0.5) is 0 Å². The van der Waals surface area contributed by atoms with E-state index in [1.165, 1.54) is 0 Å². The van der Waals surface area contributed by atoms with Gasteiger partial charge < -0.3 is 4.74 Å². The first-order valence-electron chi connectivity index (χ1n) is 4.56. The lowest BCUT2D eigenvalue weighted by Crippen LogP contribution is -2.05. The Morgan fingerprint density at radius 2 is 1.86 bits per heavy atom. The summed E-state index contributed by atoms with van der Waals surface area (Å²) in [6.45, 7) is 17.0. The summed E-state index contributed by atoms with van der Waals surface area (Å²) in [5.41, 5.74) is 0.266. The van der Waals surface area contributed by atoms with Gasteiger partial charge in [0.05, 0.1) is 6.61 Å². The molecule has 0 radical (unpaired) electrons. The Labute approximate surface area is 87.2 Å². The van der Waals surface area contributed by atoms with Crippen molar-refractivity contribution in [2.24, 2.45) is 4.99 Å². The van der Waals surface area contributed by atoms with E-state index < -0.39 is 5.97 Å². The molecule has 0 aliphatic heterocycles. The fourth-order valence-corrected chi connectivity index (χ4v) is 0.479. The Kier molecular flexibility index (Phi) is 23.2. The quantitative estimate of drug-likeness (QED) is 0.303. The monoisotopic (exact) mass is 199 g/mol. The molecule has 0 aliphatic carbocycles. The Morgan fingerprint density at radius 3 is 2.07 bits per heavy atom. The third-order valence-corrected chi connectivity index (χ3v) is 0.928. The van der Waals surface area contributed by atoms with Gasteiger partial charge in [0, 0.05) is 0 Å². The maximum atomic E-state index is 10.8. The van der Waals surface area contributed by atoms with E-state index in [1.54, 1.807) is 19.9 Å². The Hall–Kier alpha value is -1.38. The van der Waals surface area contributed by atoms with E-state index >= 15 is 0 Å². The molecule has 0 atom stereocenters. The second kappa shape index (κ2) is 17.6. The number of nitrogens with zero attached hydrogens (tertiary/aromatic N) is 1. The SMILES string of the molecule is C=C.C=N/C(=C\C)C(=O)OCC.CC. The van der Waals surface area contributed by atoms with Gasteiger partial charge in [0.2, 0.25) is 0 Å². The van der Waals surface area contributed by atoms with E-state index in [0.29, 0.717) is 6.61 Å². The predicted octanol–water partition coefficient (Wildman–Crippen LogP) is 2.98. The van der Waals surface area contributed by atoms with Crippen molar-refractivity contribution >= 4 is 12.7 Å². The smallest absolute Gasteiger partial charge is 0.356 e. The molecule has 3 nitrogen and oxygen atoms in total. The van der Waals surface area contributed by atoms with Crippen molar-refractivity contribution in [3.8, 4) is 0 Å². The number of ether oxygens (including phenoxy) is 1. The highest BCUT2D eigenvalue weighted by molar-refractivity contribution is 5.88. The van der Waals surface area contributed by atoms with Gasteiger partial charge in [-0.25, -0.2) is 4.79 Å². The number of carbonyl (C=O) groups is 1. The van der Waals surface area contributed by atoms with Gasteiger partial charge in [0.1, 0.15) is 5.70 Å². The van der Waals surface area contributed by atoms with Gasteiger partial charge in [-0.15, -0.1) is 13.2 Å². The van der Waals surface area contributed by atoms with Crippen LogP contribution in [0.2, 0.25) is 0 Å². The Morgan fingerprint density at radius 1 is 1.43 bits per heavy atom. The largest absolute Gasteiger partial charge is 0.461 e. The van der Waals surface area contributed by atoms with Gasteiger partial charge in [-0.3, -0.25) is 4.99 Å². The van der Waals surface area contributed by atoms with Crippen LogP contribution in [-0.4, -0.2) is 19.3 Å². The second-order valence-corrected chi connectivity index (χ2v) is 1.55. The van der Waals surface area contributed by atoms with E-state index in [4.69, 9.17) is 0 Å². The highest BCUT2D eigenvalue weighted by atomic mass is 16.5. The molecule has 0 bridgehead atoms. The summed E-state index contributed by atoms with van der Waals surface area (Å²) in [6.07, 6.45) is 1.56. The lowest BCUT2D eigenvalue weighted by molar-refractivity contribution is -0.138. The van der Waals surface area contributed by atoms with Crippen LogP contribution < -0.4 is 0 Å². The highest BCUT2D eigenvalue weighted by Crippen LogP contribution is 1.97. The van der Waals surface area contributed by atoms with Gasteiger partial charge in [-0.05, 0) is 20.6 Å². The maximum Gasteiger partial charge on any atom is 0.356 e. The molecule has 0 aromatic heterocycles. The van der Waals surface area contributed by atoms with Crippen molar-refractivity contribution in [3.05, 3.63) is 24.9 Å². The molecule has 0 heterocycles. The predicted molar refractivity (Wildman–Crippen MR) is 62.5 cm³/mol. The van der Waals surface area contributed by atoms with Gasteiger partial charge in [-0.2, -0.15) is 0 Å². The van der Waals surface area contributed by atoms with Crippen LogP contribution in [-0.2, 0) is 9.53 Å². The summed E-state index contributed by atoms with van der Waals surface area (Å²) in [7, 11) is 0. The number of carbonyl (C=O) groups excluding carboxylic acids is 1. The van der Waals surface area contributed by atoms with Gasteiger partial charge in [0.25, 0.3) is 0 Å². The number of hydrogen-bond acceptors (Lipinski definition) is 3. The summed E-state index contributed by atoms with van der Waals surface area (Å²) in [6, 6.07) is 0. The number of aliphatic imine (C=N–C) groups is 1. The molecule has 0 fully saturated rings. The third kappa shape index (κ3) is 10.6. The standard InChI is InChI=1S/C7H11NO2.C2H6.C2H4/c1-4-6(8-3)7(9)10-5-2;2*1-2/h4H,3,5H2,1-2H3;1-2H3;1-2H2/b6-4-;;. The van der Waals surface area contributed by atoms with Gasteiger partial charge in [-0.1, -0.05) is 19.9 Å². The number of rotatable bonds is 3. The fourth-order valence-electron chi connectivity index (χ4n) is 0.479. The minimum absolute atomic E-state index is 0.266. The van der Waals surface area contributed by atoms with Crippen molar-refractivity contribution in [2.75, 3.05) is 6.61 Å². The molecule has 0 aromatic rings. The first kappa shape index (κ1) is 18.4. The summed E-state index contributed by atoms with van der Waals surface area (Å²) in [5.74, 6) is -0.417. The lowest BCUT2D eigenvalue weighted by atomic mass is 10.4. The molecule has 0 saturated heterocycles. The van der Waals surface area contributed by atoms with E-state index in [-0.39, 0.29) is 5.70 Å². The molecule has 0 unspecified atom stereocenters. The van der Waals surface area contributed by atoms with Gasteiger partial charge in [0.15, 0.2) is 0 Å². The van der Waals surface area contributed by atoms with Crippen LogP contribution in [0, 0.1) is 0 Å². The minimum atomic E-state index is -0.417. The molecule has 3 heteroatoms. The first-order chi connectivity index (χ1) is 6.76. The van der Waals surface area contributed by atoms with Crippen LogP contribution in [0.25, 0.3) is 0 Å². The first-order valence-corrected chi connectivity index (χ1v) is 4.56. The molecule has 82 valence electrons. The van der Waals surface area contributed by atoms with E-state index in [2.05, 4.69) is 29.6 Å². The van der Waals surface area contributed by atoms with Crippen LogP contribution >= 0.6 is 0 Å². The van der Waals surface area contributed by atoms with Crippen molar-refractivity contribution in [1.82, 2.24) is 0 Å². The molecule has 14 heavy (non-hydrogen) atoms. The fraction of sp³-hybridized carbons (Fsp3) is 0.455. The Bertz CT molecular complexity index is 174. The molecular formula is C11H21NO2. The topological polar surface area (TPSA) is 38.7 Å². The summed E-state index contributed by atoms with van der Waals surface area (Å²) in [4.78, 5) is 14.2. The minimum Gasteiger partial charge on any atom is -0.461 e. The molecular weight excluding hydrogens is 178 g/mol. The summed E-state index contributed by atoms with van der Waals surface area (Å²) in [5, 5.41) is 0. The molecule has 0 saturated carbocycles. The molecule has 0 aliphatic rings. The van der Waals surface area contributed by atoms with Crippen LogP contribution in [0.5, 0.6) is 0 Å². The number of hydrogen-bond donors (Lipinski definition) is 0. The van der Waals surface area contributed by atoms with E-state index in [9.17, 15) is 4.79 Å². The number of allylic oxidation sites excluding steroid dienone is 1. The van der Waals surface area contributed by atoms with E-state index in [1.807, 2.05) is 13.8 Å². The van der Waals surface area contributed by atoms with Crippen molar-refractivity contribution < 1.29 is 9.53 Å². The lowest BCUT2D eigenvalue weighted by Gasteiger charge is -1.98. The zero-order chi connectivity index (χ0) is 12.0. The average Bonchev–Trinajstić information content (AvgIpc) is 2.26. The van der Waals surface area contributed by atoms with Crippen molar-refractivity contribution in [3.63, 3.8) is 0 Å². The van der Waals surface area contributed by atoms with Crippen LogP contribution in [0.1, 0.15) is 27.7 Å². The molecule has 0 rings (SSSR count). The zero-order valence-corrected chi connectivity index (χ0v) is 9.67. The van der Waals surface area contributed by atoms with Crippen molar-refractivity contribution in [1.29, 1.82) is 0 Å². The summed E-state index contributed by atoms with van der Waals surface area (Å²) >= 11 is 0. The average molecular weight is 199 g/mol. The van der Waals surface area contributed by atoms with Crippen LogP contribution in [0.3, 0.4) is 0 Å². The normalized spacial score (nSPS) is 8.43. The molecule has 0 spiro atoms. The molecule has 0 aromatic carbocycles. The second-order valence-electron chi connectivity index (χ2n) is 1.55. The van der Waals surface area contributed by atoms with Crippen molar-refractivity contribution in [2.45, 2.75) is 27.7 Å². The highest BCUT2D eigenvalue weighted by Gasteiger charge is 2.04. The zero-order valence-electron chi connectivity index (χ0n) is 9.67. The maximum absolute atomic E-state index is 10.8. The molecule has 0 N–H and O–H groups in total. The van der Waals surface area contributed by atoms with Crippen LogP contribution in [0.15, 0.2) is 29.9 Å². The van der Waals surface area contributed by atoms with E-state index in [0.717, 1.165) is 0 Å². The number of esters is 1. The summed E-state index contributed by atoms with van der Waals surface area (Å²) < 4.78 is 4.64. The van der Waals surface area contributed by atoms with Gasteiger partial charge >= 0.3 is 5.97 Å². The Balaban J connectivity index is -0.000000266. The molecule has 0 amide bonds. The third-order valence-electron chi connectivity index (χ3n) is 0.928.